The number of rotatable bonds is 10. The van der Waals surface area contributed by atoms with Crippen molar-refractivity contribution >= 4 is 11.6 Å². The second kappa shape index (κ2) is 9.11. The quantitative estimate of drug-likeness (QED) is 0.564. The highest BCUT2D eigenvalue weighted by Crippen LogP contribution is 2.36. The van der Waals surface area contributed by atoms with Gasteiger partial charge in [0.2, 0.25) is 11.6 Å². The molecule has 1 aliphatic carbocycles. The lowest BCUT2D eigenvalue weighted by Gasteiger charge is -2.24. The minimum Gasteiger partial charge on any atom is -0.496 e. The van der Waals surface area contributed by atoms with E-state index in [0.29, 0.717) is 17.2 Å². The van der Waals surface area contributed by atoms with E-state index in [-0.39, 0.29) is 17.2 Å². The monoisotopic (exact) mass is 399 g/mol. The summed E-state index contributed by atoms with van der Waals surface area (Å²) in [5.74, 6) is 2.58. The number of methoxy groups -OCH3 is 3. The molecule has 0 saturated heterocycles. The molecular weight excluding hydrogens is 370 g/mol. The Balaban J connectivity index is 2.02. The molecule has 1 aromatic carbocycles. The lowest BCUT2D eigenvalue weighted by Crippen LogP contribution is -2.28. The van der Waals surface area contributed by atoms with Crippen molar-refractivity contribution < 1.29 is 19.0 Å². The Hall–Kier alpha value is -2.83. The third-order valence-electron chi connectivity index (χ3n) is 4.98. The first kappa shape index (κ1) is 20.9. The van der Waals surface area contributed by atoms with Gasteiger partial charge in [-0.1, -0.05) is 6.92 Å². The number of nitrogens with zero attached hydrogens (tertiary/aromatic N) is 3. The number of hydrogen-bond acceptors (Lipinski definition) is 7. The second-order valence-corrected chi connectivity index (χ2v) is 7.32. The summed E-state index contributed by atoms with van der Waals surface area (Å²) in [5.41, 5.74) is 1.04. The number of hydrogen-bond donors (Lipinski definition) is 0. The van der Waals surface area contributed by atoms with E-state index in [1.165, 1.54) is 27.1 Å². The lowest BCUT2D eigenvalue weighted by molar-refractivity contribution is 0.102. The molecule has 1 fully saturated rings. The smallest absolute Gasteiger partial charge is 0.237 e. The molecule has 1 aliphatic rings. The zero-order valence-electron chi connectivity index (χ0n) is 17.8. The molecule has 29 heavy (non-hydrogen) atoms. The number of aryl methyl sites for hydroxylation is 1. The van der Waals surface area contributed by atoms with Crippen LogP contribution in [0, 0.1) is 12.8 Å². The van der Waals surface area contributed by atoms with Crippen LogP contribution < -0.4 is 19.1 Å². The van der Waals surface area contributed by atoms with Gasteiger partial charge in [-0.05, 0) is 32.1 Å². The summed E-state index contributed by atoms with van der Waals surface area (Å²) in [7, 11) is 4.56. The van der Waals surface area contributed by atoms with Crippen molar-refractivity contribution in [2.24, 2.45) is 5.92 Å². The summed E-state index contributed by atoms with van der Waals surface area (Å²) in [6.45, 7) is 5.89. The molecule has 1 saturated carbocycles. The van der Waals surface area contributed by atoms with Gasteiger partial charge in [0.1, 0.15) is 28.6 Å². The standard InChI is InChI=1S/C22H29N3O4/c1-6-9-25(13-15-7-8-15)19-10-14(2)23-22(24-19)21(26)20-17(28-4)11-16(27-3)12-18(20)29-5/h10-12,15H,6-9,13H2,1-5H3. The van der Waals surface area contributed by atoms with Gasteiger partial charge in [-0.3, -0.25) is 4.79 Å². The molecule has 0 spiro atoms. The molecule has 1 aromatic heterocycles. The molecule has 0 atom stereocenters. The summed E-state index contributed by atoms with van der Waals surface area (Å²) in [5, 5.41) is 0. The average Bonchev–Trinajstić information content (AvgIpc) is 3.55. The fraction of sp³-hybridized carbons (Fsp3) is 0.500. The van der Waals surface area contributed by atoms with Crippen molar-refractivity contribution in [3.05, 3.63) is 35.3 Å². The normalized spacial score (nSPS) is 13.1. The SMILES string of the molecule is CCCN(CC1CC1)c1cc(C)nc(C(=O)c2c(OC)cc(OC)cc2OC)n1. The van der Waals surface area contributed by atoms with E-state index in [1.807, 2.05) is 13.0 Å². The largest absolute Gasteiger partial charge is 0.496 e. The van der Waals surface area contributed by atoms with Gasteiger partial charge in [0.15, 0.2) is 0 Å². The maximum absolute atomic E-state index is 13.4. The molecule has 0 bridgehead atoms. The summed E-state index contributed by atoms with van der Waals surface area (Å²) < 4.78 is 16.1. The Labute approximate surface area is 172 Å². The van der Waals surface area contributed by atoms with Crippen molar-refractivity contribution in [3.63, 3.8) is 0 Å². The van der Waals surface area contributed by atoms with Crippen LogP contribution >= 0.6 is 0 Å². The number of carbonyl (C=O) groups excluding carboxylic acids is 1. The Kier molecular flexibility index (Phi) is 6.56. The van der Waals surface area contributed by atoms with E-state index >= 15 is 0 Å². The summed E-state index contributed by atoms with van der Waals surface area (Å²) in [6, 6.07) is 5.25. The zero-order chi connectivity index (χ0) is 21.0. The highest BCUT2D eigenvalue weighted by Gasteiger charge is 2.27. The molecular formula is C22H29N3O4. The Bertz CT molecular complexity index is 855. The van der Waals surface area contributed by atoms with Crippen LogP contribution in [-0.4, -0.2) is 50.2 Å². The van der Waals surface area contributed by atoms with Gasteiger partial charge >= 0.3 is 0 Å². The predicted octanol–water partition coefficient (Wildman–Crippen LogP) is 3.67. The molecule has 3 rings (SSSR count). The summed E-state index contributed by atoms with van der Waals surface area (Å²) >= 11 is 0. The molecule has 156 valence electrons. The van der Waals surface area contributed by atoms with Gasteiger partial charge < -0.3 is 19.1 Å². The third kappa shape index (κ3) is 4.78. The fourth-order valence-electron chi connectivity index (χ4n) is 3.34. The van der Waals surface area contributed by atoms with Crippen LogP contribution in [0.25, 0.3) is 0 Å². The van der Waals surface area contributed by atoms with Crippen molar-refractivity contribution in [1.82, 2.24) is 9.97 Å². The summed E-state index contributed by atoms with van der Waals surface area (Å²) in [6.07, 6.45) is 3.53. The fourth-order valence-corrected chi connectivity index (χ4v) is 3.34. The predicted molar refractivity (Wildman–Crippen MR) is 112 cm³/mol. The Morgan fingerprint density at radius 1 is 1.07 bits per heavy atom. The van der Waals surface area contributed by atoms with Gasteiger partial charge in [-0.2, -0.15) is 0 Å². The molecule has 1 heterocycles. The first-order chi connectivity index (χ1) is 14.0. The van der Waals surface area contributed by atoms with Crippen LogP contribution in [0.1, 0.15) is 48.1 Å². The van der Waals surface area contributed by atoms with Gasteiger partial charge in [0, 0.05) is 37.0 Å². The molecule has 0 N–H and O–H groups in total. The first-order valence-corrected chi connectivity index (χ1v) is 9.96. The van der Waals surface area contributed by atoms with Crippen LogP contribution in [0.4, 0.5) is 5.82 Å². The van der Waals surface area contributed by atoms with E-state index in [2.05, 4.69) is 21.8 Å². The highest BCUT2D eigenvalue weighted by atomic mass is 16.5. The second-order valence-electron chi connectivity index (χ2n) is 7.32. The number of aromatic nitrogens is 2. The molecule has 0 aliphatic heterocycles. The molecule has 2 aromatic rings. The van der Waals surface area contributed by atoms with Crippen molar-refractivity contribution in [2.45, 2.75) is 33.1 Å². The van der Waals surface area contributed by atoms with Gasteiger partial charge in [0.25, 0.3) is 0 Å². The van der Waals surface area contributed by atoms with Crippen LogP contribution in [0.2, 0.25) is 0 Å². The van der Waals surface area contributed by atoms with E-state index < -0.39 is 0 Å². The van der Waals surface area contributed by atoms with E-state index in [1.54, 1.807) is 19.2 Å². The Morgan fingerprint density at radius 3 is 2.24 bits per heavy atom. The van der Waals surface area contributed by atoms with Crippen molar-refractivity contribution in [2.75, 3.05) is 39.3 Å². The topological polar surface area (TPSA) is 73.8 Å². The number of ketones is 1. The van der Waals surface area contributed by atoms with Gasteiger partial charge in [0.05, 0.1) is 21.3 Å². The van der Waals surface area contributed by atoms with Crippen LogP contribution in [-0.2, 0) is 0 Å². The maximum Gasteiger partial charge on any atom is 0.237 e. The average molecular weight is 399 g/mol. The van der Waals surface area contributed by atoms with E-state index in [9.17, 15) is 4.79 Å². The van der Waals surface area contributed by atoms with Gasteiger partial charge in [-0.15, -0.1) is 0 Å². The van der Waals surface area contributed by atoms with E-state index in [4.69, 9.17) is 14.2 Å². The minimum atomic E-state index is -0.339. The van der Waals surface area contributed by atoms with E-state index in [0.717, 1.165) is 36.9 Å². The number of ether oxygens (including phenoxy) is 3. The highest BCUT2D eigenvalue weighted by molar-refractivity contribution is 6.10. The molecule has 0 amide bonds. The van der Waals surface area contributed by atoms with Crippen LogP contribution in [0.3, 0.4) is 0 Å². The minimum absolute atomic E-state index is 0.138. The lowest BCUT2D eigenvalue weighted by atomic mass is 10.1. The van der Waals surface area contributed by atoms with Crippen LogP contribution in [0.15, 0.2) is 18.2 Å². The first-order valence-electron chi connectivity index (χ1n) is 9.96. The summed E-state index contributed by atoms with van der Waals surface area (Å²) in [4.78, 5) is 24.7. The molecule has 0 radical (unpaired) electrons. The molecule has 0 unspecified atom stereocenters. The van der Waals surface area contributed by atoms with Crippen molar-refractivity contribution in [3.8, 4) is 17.2 Å². The maximum atomic E-state index is 13.4. The zero-order valence-corrected chi connectivity index (χ0v) is 17.8. The van der Waals surface area contributed by atoms with Crippen LogP contribution in [0.5, 0.6) is 17.2 Å². The third-order valence-corrected chi connectivity index (χ3v) is 4.98. The molecule has 7 heteroatoms. The number of anilines is 1. The number of carbonyl (C=O) groups is 1. The number of benzene rings is 1. The Morgan fingerprint density at radius 2 is 1.72 bits per heavy atom. The molecule has 7 nitrogen and oxygen atoms in total. The van der Waals surface area contributed by atoms with Crippen molar-refractivity contribution in [1.29, 1.82) is 0 Å². The van der Waals surface area contributed by atoms with Gasteiger partial charge in [-0.25, -0.2) is 9.97 Å².